The molecule has 30 heavy (non-hydrogen) atoms. The normalized spacial score (nSPS) is 21.9. The van der Waals surface area contributed by atoms with Crippen LogP contribution >= 0.6 is 0 Å². The first-order valence-corrected chi connectivity index (χ1v) is 10.3. The zero-order valence-corrected chi connectivity index (χ0v) is 16.3. The Labute approximate surface area is 174 Å². The van der Waals surface area contributed by atoms with Crippen molar-refractivity contribution in [3.8, 4) is 0 Å². The van der Waals surface area contributed by atoms with E-state index in [0.29, 0.717) is 11.6 Å². The number of anilines is 1. The van der Waals surface area contributed by atoms with Gasteiger partial charge in [-0.05, 0) is 51.1 Å². The number of hydrogen-bond donors (Lipinski definition) is 1. The quantitative estimate of drug-likeness (QED) is 0.178. The molecule has 3 unspecified atom stereocenters. The van der Waals surface area contributed by atoms with Crippen molar-refractivity contribution >= 4 is 32.9 Å². The first-order valence-electron chi connectivity index (χ1n) is 10.3. The zero-order chi connectivity index (χ0) is 20.2. The molecule has 4 aromatic carbocycles. The minimum atomic E-state index is -0.275. The van der Waals surface area contributed by atoms with Crippen LogP contribution < -0.4 is 5.32 Å². The first kappa shape index (κ1) is 17.2. The van der Waals surface area contributed by atoms with Gasteiger partial charge in [0.15, 0.2) is 0 Å². The van der Waals surface area contributed by atoms with Crippen LogP contribution in [-0.4, -0.2) is 4.92 Å². The highest BCUT2D eigenvalue weighted by Crippen LogP contribution is 2.53. The van der Waals surface area contributed by atoms with Crippen LogP contribution in [0.25, 0.3) is 21.5 Å². The summed E-state index contributed by atoms with van der Waals surface area (Å²) < 4.78 is 0. The van der Waals surface area contributed by atoms with Gasteiger partial charge < -0.3 is 5.32 Å². The average molecular weight is 392 g/mol. The molecule has 0 fully saturated rings. The Hall–Kier alpha value is -3.66. The number of rotatable bonds is 2. The molecule has 1 N–H and O–H groups in total. The summed E-state index contributed by atoms with van der Waals surface area (Å²) in [5.41, 5.74) is 3.09. The third kappa shape index (κ3) is 2.40. The summed E-state index contributed by atoms with van der Waals surface area (Å²) in [7, 11) is 0. The Kier molecular flexibility index (Phi) is 3.69. The Morgan fingerprint density at radius 3 is 2.30 bits per heavy atom. The molecule has 1 aliphatic heterocycles. The van der Waals surface area contributed by atoms with E-state index in [4.69, 9.17) is 0 Å². The van der Waals surface area contributed by atoms with Gasteiger partial charge in [-0.25, -0.2) is 0 Å². The summed E-state index contributed by atoms with van der Waals surface area (Å²) in [4.78, 5) is 11.5. The molecule has 6 rings (SSSR count). The van der Waals surface area contributed by atoms with Gasteiger partial charge in [-0.15, -0.1) is 0 Å². The van der Waals surface area contributed by atoms with Gasteiger partial charge in [0.1, 0.15) is 5.69 Å². The lowest BCUT2D eigenvalue weighted by Crippen LogP contribution is -2.30. The third-order valence-corrected chi connectivity index (χ3v) is 6.70. The predicted octanol–water partition coefficient (Wildman–Crippen LogP) is 6.73. The number of benzene rings is 4. The summed E-state index contributed by atoms with van der Waals surface area (Å²) in [5.74, 6) is 0.512. The molecule has 4 heteroatoms. The van der Waals surface area contributed by atoms with Gasteiger partial charge in [-0.1, -0.05) is 72.8 Å². The van der Waals surface area contributed by atoms with E-state index in [1.165, 1.54) is 27.1 Å². The van der Waals surface area contributed by atoms with Crippen LogP contribution in [0.4, 0.5) is 11.4 Å². The molecule has 4 aromatic rings. The van der Waals surface area contributed by atoms with E-state index in [1.54, 1.807) is 12.1 Å². The van der Waals surface area contributed by atoms with Gasteiger partial charge in [-0.3, -0.25) is 10.1 Å². The maximum atomic E-state index is 11.8. The number of para-hydroxylation sites is 1. The van der Waals surface area contributed by atoms with Crippen molar-refractivity contribution in [2.45, 2.75) is 18.4 Å². The highest BCUT2D eigenvalue weighted by Gasteiger charge is 2.41. The molecule has 0 radical (unpaired) electrons. The number of nitrogens with zero attached hydrogens (tertiary/aromatic N) is 1. The van der Waals surface area contributed by atoms with Gasteiger partial charge >= 0.3 is 0 Å². The van der Waals surface area contributed by atoms with E-state index in [-0.39, 0.29) is 22.6 Å². The van der Waals surface area contributed by atoms with Crippen molar-refractivity contribution in [3.63, 3.8) is 0 Å². The standard InChI is InChI=1S/C26H20N2O2/c29-28(30)23-14-6-13-21-20-11-5-12-22(20)26(27-25(21)23)24-18-9-3-1-7-16(18)15-17-8-2-4-10-19(17)24/h1-11,13-15,20,22,26-27H,12H2. The first-order chi connectivity index (χ1) is 14.7. The molecule has 2 aliphatic rings. The molecule has 146 valence electrons. The second kappa shape index (κ2) is 6.42. The van der Waals surface area contributed by atoms with Gasteiger partial charge in [0, 0.05) is 12.0 Å². The van der Waals surface area contributed by atoms with Crippen molar-refractivity contribution < 1.29 is 4.92 Å². The molecule has 0 amide bonds. The summed E-state index contributed by atoms with van der Waals surface area (Å²) in [6, 6.07) is 24.6. The predicted molar refractivity (Wildman–Crippen MR) is 121 cm³/mol. The third-order valence-electron chi connectivity index (χ3n) is 6.70. The molecular weight excluding hydrogens is 372 g/mol. The average Bonchev–Trinajstić information content (AvgIpc) is 3.27. The fourth-order valence-electron chi connectivity index (χ4n) is 5.43. The van der Waals surface area contributed by atoms with E-state index in [2.05, 4.69) is 72.1 Å². The molecule has 3 atom stereocenters. The van der Waals surface area contributed by atoms with Crippen molar-refractivity contribution in [3.05, 3.63) is 106 Å². The minimum Gasteiger partial charge on any atom is -0.372 e. The van der Waals surface area contributed by atoms with Crippen LogP contribution in [0, 0.1) is 16.0 Å². The smallest absolute Gasteiger partial charge is 0.292 e. The van der Waals surface area contributed by atoms with E-state index in [1.807, 2.05) is 6.07 Å². The van der Waals surface area contributed by atoms with Crippen LogP contribution in [0.3, 0.4) is 0 Å². The maximum Gasteiger partial charge on any atom is 0.292 e. The lowest BCUT2D eigenvalue weighted by atomic mass is 9.75. The Bertz CT molecular complexity index is 1300. The molecule has 0 bridgehead atoms. The second-order valence-electron chi connectivity index (χ2n) is 8.21. The fourth-order valence-corrected chi connectivity index (χ4v) is 5.43. The van der Waals surface area contributed by atoms with Crippen LogP contribution in [0.2, 0.25) is 0 Å². The monoisotopic (exact) mass is 392 g/mol. The van der Waals surface area contributed by atoms with E-state index >= 15 is 0 Å². The second-order valence-corrected chi connectivity index (χ2v) is 8.21. The van der Waals surface area contributed by atoms with Crippen molar-refractivity contribution in [2.24, 2.45) is 5.92 Å². The lowest BCUT2D eigenvalue weighted by Gasteiger charge is -2.38. The van der Waals surface area contributed by atoms with Crippen LogP contribution in [-0.2, 0) is 0 Å². The fraction of sp³-hybridized carbons (Fsp3) is 0.154. The molecule has 0 spiro atoms. The Morgan fingerprint density at radius 2 is 1.60 bits per heavy atom. The number of hydrogen-bond acceptors (Lipinski definition) is 3. The van der Waals surface area contributed by atoms with Gasteiger partial charge in [0.25, 0.3) is 5.69 Å². The van der Waals surface area contributed by atoms with Gasteiger partial charge in [-0.2, -0.15) is 0 Å². The largest absolute Gasteiger partial charge is 0.372 e. The summed E-state index contributed by atoms with van der Waals surface area (Å²) in [6.45, 7) is 0. The Morgan fingerprint density at radius 1 is 0.900 bits per heavy atom. The topological polar surface area (TPSA) is 55.2 Å². The number of nitro groups is 1. The molecule has 0 aromatic heterocycles. The summed E-state index contributed by atoms with van der Waals surface area (Å²) >= 11 is 0. The molecule has 0 saturated heterocycles. The van der Waals surface area contributed by atoms with E-state index in [9.17, 15) is 10.1 Å². The Balaban J connectivity index is 1.65. The molecule has 4 nitrogen and oxygen atoms in total. The van der Waals surface area contributed by atoms with E-state index < -0.39 is 0 Å². The van der Waals surface area contributed by atoms with Gasteiger partial charge in [0.2, 0.25) is 0 Å². The molecule has 1 aliphatic carbocycles. The maximum absolute atomic E-state index is 11.8. The van der Waals surface area contributed by atoms with Crippen LogP contribution in [0.15, 0.2) is 84.9 Å². The highest BCUT2D eigenvalue weighted by atomic mass is 16.6. The summed E-state index contributed by atoms with van der Waals surface area (Å²) in [5, 5.41) is 20.2. The number of fused-ring (bicyclic) bond motifs is 5. The molecular formula is C26H20N2O2. The molecule has 0 saturated carbocycles. The van der Waals surface area contributed by atoms with Crippen molar-refractivity contribution in [1.29, 1.82) is 0 Å². The number of nitrogens with one attached hydrogen (secondary N) is 1. The number of nitro benzene ring substituents is 1. The van der Waals surface area contributed by atoms with Crippen molar-refractivity contribution in [1.82, 2.24) is 0 Å². The summed E-state index contributed by atoms with van der Waals surface area (Å²) in [6.07, 6.45) is 5.42. The van der Waals surface area contributed by atoms with Gasteiger partial charge in [0.05, 0.1) is 11.0 Å². The van der Waals surface area contributed by atoms with Crippen LogP contribution in [0.1, 0.15) is 29.5 Å². The van der Waals surface area contributed by atoms with Crippen molar-refractivity contribution in [2.75, 3.05) is 5.32 Å². The number of allylic oxidation sites excluding steroid dienone is 2. The lowest BCUT2D eigenvalue weighted by molar-refractivity contribution is -0.384. The highest BCUT2D eigenvalue weighted by molar-refractivity contribution is 6.03. The van der Waals surface area contributed by atoms with E-state index in [0.717, 1.165) is 12.0 Å². The molecule has 1 heterocycles. The van der Waals surface area contributed by atoms with Crippen LogP contribution in [0.5, 0.6) is 0 Å². The minimum absolute atomic E-state index is 0.00500. The SMILES string of the molecule is O=[N+]([O-])c1cccc2c1NC(c1c3ccccc3cc3ccccc13)C1CC=CC21. The zero-order valence-electron chi connectivity index (χ0n) is 16.3.